The van der Waals surface area contributed by atoms with Crippen LogP contribution in [0.15, 0.2) is 35.4 Å². The van der Waals surface area contributed by atoms with Crippen LogP contribution in [0.2, 0.25) is 0 Å². The van der Waals surface area contributed by atoms with Crippen LogP contribution in [0.5, 0.6) is 0 Å². The largest absolute Gasteiger partial charge is 0.353 e. The molecule has 1 aliphatic rings. The molecular formula is C18H21N3O2S. The third-order valence-electron chi connectivity index (χ3n) is 3.65. The molecule has 0 atom stereocenters. The predicted octanol–water partition coefficient (Wildman–Crippen LogP) is 2.74. The third kappa shape index (κ3) is 4.26. The van der Waals surface area contributed by atoms with Gasteiger partial charge in [-0.15, -0.1) is 0 Å². The molecule has 0 radical (unpaired) electrons. The van der Waals surface area contributed by atoms with Gasteiger partial charge in [-0.1, -0.05) is 30.0 Å². The molecule has 1 aromatic heterocycles. The summed E-state index contributed by atoms with van der Waals surface area (Å²) in [5.74, 6) is 0.186. The Balaban J connectivity index is 1.83. The van der Waals surface area contributed by atoms with Gasteiger partial charge in [-0.2, -0.15) is 0 Å². The maximum Gasteiger partial charge on any atom is 0.252 e. The summed E-state index contributed by atoms with van der Waals surface area (Å²) in [5.41, 5.74) is 1.40. The van der Waals surface area contributed by atoms with Crippen LogP contribution in [-0.4, -0.2) is 34.6 Å². The third-order valence-corrected chi connectivity index (χ3v) is 4.56. The van der Waals surface area contributed by atoms with Crippen molar-refractivity contribution in [2.75, 3.05) is 5.75 Å². The van der Waals surface area contributed by atoms with Crippen molar-refractivity contribution in [1.29, 1.82) is 0 Å². The normalized spacial score (nSPS) is 14.0. The van der Waals surface area contributed by atoms with E-state index in [1.807, 2.05) is 38.1 Å². The fourth-order valence-corrected chi connectivity index (χ4v) is 3.13. The lowest BCUT2D eigenvalue weighted by Crippen LogP contribution is -2.31. The Kier molecular flexibility index (Phi) is 5.04. The molecule has 1 heterocycles. The van der Waals surface area contributed by atoms with Gasteiger partial charge in [0.05, 0.1) is 21.9 Å². The highest BCUT2D eigenvalue weighted by Gasteiger charge is 2.25. The van der Waals surface area contributed by atoms with Gasteiger partial charge in [-0.05, 0) is 38.8 Å². The molecule has 1 aromatic carbocycles. The van der Waals surface area contributed by atoms with E-state index in [1.165, 1.54) is 11.8 Å². The van der Waals surface area contributed by atoms with E-state index >= 15 is 0 Å². The minimum absolute atomic E-state index is 0.0334. The molecule has 1 saturated carbocycles. The minimum atomic E-state index is -0.0652. The number of carbonyl (C=O) groups is 2. The first-order valence-corrected chi connectivity index (χ1v) is 9.14. The van der Waals surface area contributed by atoms with Crippen molar-refractivity contribution in [2.24, 2.45) is 0 Å². The molecule has 2 amide bonds. The van der Waals surface area contributed by atoms with Gasteiger partial charge < -0.3 is 10.6 Å². The number of nitrogens with zero attached hydrogens (tertiary/aromatic N) is 1. The predicted molar refractivity (Wildman–Crippen MR) is 96.2 cm³/mol. The van der Waals surface area contributed by atoms with Gasteiger partial charge in [0.15, 0.2) is 0 Å². The Hall–Kier alpha value is -2.08. The number of para-hydroxylation sites is 1. The summed E-state index contributed by atoms with van der Waals surface area (Å²) >= 11 is 1.35. The molecule has 3 rings (SSSR count). The SMILES string of the molecule is CC(C)NC(=O)CSc1cc(C(=O)NC2CC2)c2ccccc2n1. The lowest BCUT2D eigenvalue weighted by atomic mass is 10.1. The zero-order valence-electron chi connectivity index (χ0n) is 13.8. The summed E-state index contributed by atoms with van der Waals surface area (Å²) in [6, 6.07) is 9.80. The average Bonchev–Trinajstić information content (AvgIpc) is 3.35. The summed E-state index contributed by atoms with van der Waals surface area (Å²) < 4.78 is 0. The number of fused-ring (bicyclic) bond motifs is 1. The van der Waals surface area contributed by atoms with Crippen LogP contribution in [0, 0.1) is 0 Å². The molecule has 1 fully saturated rings. The molecule has 2 aromatic rings. The molecule has 0 aliphatic heterocycles. The molecule has 0 saturated heterocycles. The molecule has 24 heavy (non-hydrogen) atoms. The van der Waals surface area contributed by atoms with E-state index in [1.54, 1.807) is 6.07 Å². The van der Waals surface area contributed by atoms with E-state index in [9.17, 15) is 9.59 Å². The second-order valence-electron chi connectivity index (χ2n) is 6.28. The monoisotopic (exact) mass is 343 g/mol. The number of benzene rings is 1. The Morgan fingerprint density at radius 1 is 1.29 bits per heavy atom. The van der Waals surface area contributed by atoms with Gasteiger partial charge in [0.25, 0.3) is 5.91 Å². The van der Waals surface area contributed by atoms with Gasteiger partial charge in [-0.25, -0.2) is 4.98 Å². The smallest absolute Gasteiger partial charge is 0.252 e. The number of hydrogen-bond acceptors (Lipinski definition) is 4. The van der Waals surface area contributed by atoms with Gasteiger partial charge in [0, 0.05) is 17.5 Å². The van der Waals surface area contributed by atoms with E-state index in [4.69, 9.17) is 0 Å². The molecule has 0 spiro atoms. The number of thioether (sulfide) groups is 1. The molecule has 126 valence electrons. The Morgan fingerprint density at radius 3 is 2.75 bits per heavy atom. The van der Waals surface area contributed by atoms with Crippen molar-refractivity contribution in [3.05, 3.63) is 35.9 Å². The van der Waals surface area contributed by atoms with Crippen molar-refractivity contribution < 1.29 is 9.59 Å². The summed E-state index contributed by atoms with van der Waals surface area (Å²) in [7, 11) is 0. The Bertz CT molecular complexity index is 772. The van der Waals surface area contributed by atoms with E-state index in [2.05, 4.69) is 15.6 Å². The van der Waals surface area contributed by atoms with Gasteiger partial charge in [0.1, 0.15) is 0 Å². The van der Waals surface area contributed by atoms with Crippen LogP contribution >= 0.6 is 11.8 Å². The molecular weight excluding hydrogens is 322 g/mol. The summed E-state index contributed by atoms with van der Waals surface area (Å²) in [6.45, 7) is 3.86. The first kappa shape index (κ1) is 16.8. The van der Waals surface area contributed by atoms with Crippen molar-refractivity contribution in [1.82, 2.24) is 15.6 Å². The lowest BCUT2D eigenvalue weighted by Gasteiger charge is -2.11. The quantitative estimate of drug-likeness (QED) is 0.791. The number of pyridine rings is 1. The van der Waals surface area contributed by atoms with Crippen molar-refractivity contribution >= 4 is 34.5 Å². The second kappa shape index (κ2) is 7.21. The van der Waals surface area contributed by atoms with Gasteiger partial charge in [-0.3, -0.25) is 9.59 Å². The van der Waals surface area contributed by atoms with Crippen LogP contribution in [-0.2, 0) is 4.79 Å². The highest BCUT2D eigenvalue weighted by molar-refractivity contribution is 7.99. The molecule has 0 unspecified atom stereocenters. The van der Waals surface area contributed by atoms with Crippen molar-refractivity contribution in [2.45, 2.75) is 43.8 Å². The molecule has 2 N–H and O–H groups in total. The first-order valence-electron chi connectivity index (χ1n) is 8.16. The van der Waals surface area contributed by atoms with E-state index < -0.39 is 0 Å². The Morgan fingerprint density at radius 2 is 2.04 bits per heavy atom. The fraction of sp³-hybridized carbons (Fsp3) is 0.389. The van der Waals surface area contributed by atoms with Crippen molar-refractivity contribution in [3.8, 4) is 0 Å². The maximum atomic E-state index is 12.5. The zero-order chi connectivity index (χ0) is 17.1. The molecule has 1 aliphatic carbocycles. The molecule has 0 bridgehead atoms. The van der Waals surface area contributed by atoms with Crippen molar-refractivity contribution in [3.63, 3.8) is 0 Å². The maximum absolute atomic E-state index is 12.5. The highest BCUT2D eigenvalue weighted by atomic mass is 32.2. The fourth-order valence-electron chi connectivity index (χ4n) is 2.41. The number of rotatable bonds is 6. The van der Waals surface area contributed by atoms with Crippen LogP contribution in [0.3, 0.4) is 0 Å². The number of hydrogen-bond donors (Lipinski definition) is 2. The summed E-state index contributed by atoms with van der Waals surface area (Å²) in [4.78, 5) is 28.9. The van der Waals surface area contributed by atoms with E-state index in [-0.39, 0.29) is 23.6 Å². The lowest BCUT2D eigenvalue weighted by molar-refractivity contribution is -0.119. The van der Waals surface area contributed by atoms with Crippen LogP contribution in [0.25, 0.3) is 10.9 Å². The van der Waals surface area contributed by atoms with E-state index in [0.717, 1.165) is 23.7 Å². The van der Waals surface area contributed by atoms with E-state index in [0.29, 0.717) is 16.6 Å². The van der Waals surface area contributed by atoms with Gasteiger partial charge >= 0.3 is 0 Å². The van der Waals surface area contributed by atoms with Crippen LogP contribution in [0.1, 0.15) is 37.0 Å². The highest BCUT2D eigenvalue weighted by Crippen LogP contribution is 2.26. The van der Waals surface area contributed by atoms with Crippen LogP contribution < -0.4 is 10.6 Å². The average molecular weight is 343 g/mol. The standard InChI is InChI=1S/C18H21N3O2S/c1-11(2)19-16(22)10-24-17-9-14(18(23)20-12-7-8-12)13-5-3-4-6-15(13)21-17/h3-6,9,11-12H,7-8,10H2,1-2H3,(H,19,22)(H,20,23). The number of nitrogens with one attached hydrogen (secondary N) is 2. The summed E-state index contributed by atoms with van der Waals surface area (Å²) in [5, 5.41) is 7.41. The van der Waals surface area contributed by atoms with Crippen LogP contribution in [0.4, 0.5) is 0 Å². The first-order chi connectivity index (χ1) is 11.5. The molecule has 5 nitrogen and oxygen atoms in total. The number of carbonyl (C=O) groups excluding carboxylic acids is 2. The molecule has 6 heteroatoms. The number of amides is 2. The zero-order valence-corrected chi connectivity index (χ0v) is 14.7. The topological polar surface area (TPSA) is 71.1 Å². The minimum Gasteiger partial charge on any atom is -0.353 e. The summed E-state index contributed by atoms with van der Waals surface area (Å²) in [6.07, 6.45) is 2.09. The number of aromatic nitrogens is 1. The Labute approximate surface area is 145 Å². The van der Waals surface area contributed by atoms with Gasteiger partial charge in [0.2, 0.25) is 5.91 Å². The second-order valence-corrected chi connectivity index (χ2v) is 7.28.